The van der Waals surface area contributed by atoms with Crippen molar-refractivity contribution in [3.8, 4) is 0 Å². The number of aromatic nitrogens is 1. The zero-order valence-corrected chi connectivity index (χ0v) is 11.3. The van der Waals surface area contributed by atoms with Crippen LogP contribution in [0.25, 0.3) is 0 Å². The van der Waals surface area contributed by atoms with Gasteiger partial charge in [0.2, 0.25) is 0 Å². The second-order valence-corrected chi connectivity index (χ2v) is 4.95. The standard InChI is InChI=1S/C14H21N3O2/c1-15-12-4-5-13(16-9-12)14(19)17-7-2-3-11(10-17)6-8-18/h4-5,9,11,15,18H,2-3,6-8,10H2,1H3. The molecule has 1 aromatic heterocycles. The first-order valence-electron chi connectivity index (χ1n) is 6.78. The first-order valence-corrected chi connectivity index (χ1v) is 6.78. The number of nitrogens with one attached hydrogen (secondary N) is 1. The number of hydrogen-bond acceptors (Lipinski definition) is 4. The molecule has 5 heteroatoms. The van der Waals surface area contributed by atoms with Crippen molar-refractivity contribution in [3.63, 3.8) is 0 Å². The first-order chi connectivity index (χ1) is 9.24. The van der Waals surface area contributed by atoms with Crippen LogP contribution in [0.5, 0.6) is 0 Å². The van der Waals surface area contributed by atoms with E-state index in [1.807, 2.05) is 18.0 Å². The van der Waals surface area contributed by atoms with Gasteiger partial charge in [0.1, 0.15) is 5.69 Å². The molecule has 0 spiro atoms. The highest BCUT2D eigenvalue weighted by molar-refractivity contribution is 5.92. The lowest BCUT2D eigenvalue weighted by Gasteiger charge is -2.32. The van der Waals surface area contributed by atoms with Crippen molar-refractivity contribution < 1.29 is 9.90 Å². The largest absolute Gasteiger partial charge is 0.396 e. The number of rotatable bonds is 4. The Bertz CT molecular complexity index is 417. The Labute approximate surface area is 113 Å². The second-order valence-electron chi connectivity index (χ2n) is 4.95. The van der Waals surface area contributed by atoms with Crippen LogP contribution in [0, 0.1) is 5.92 Å². The van der Waals surface area contributed by atoms with Crippen molar-refractivity contribution in [2.45, 2.75) is 19.3 Å². The normalized spacial score (nSPS) is 19.3. The SMILES string of the molecule is CNc1ccc(C(=O)N2CCCC(CCO)C2)nc1. The molecule has 104 valence electrons. The van der Waals surface area contributed by atoms with Gasteiger partial charge in [0.25, 0.3) is 5.91 Å². The summed E-state index contributed by atoms with van der Waals surface area (Å²) in [5.74, 6) is 0.407. The molecule has 1 aliphatic rings. The Morgan fingerprint density at radius 1 is 1.58 bits per heavy atom. The Balaban J connectivity index is 2.01. The van der Waals surface area contributed by atoms with Crippen LogP contribution in [0.15, 0.2) is 18.3 Å². The number of pyridine rings is 1. The molecule has 1 amide bonds. The van der Waals surface area contributed by atoms with Crippen LogP contribution in [-0.2, 0) is 0 Å². The number of anilines is 1. The minimum atomic E-state index is -0.00899. The van der Waals surface area contributed by atoms with E-state index in [1.54, 1.807) is 12.3 Å². The first kappa shape index (κ1) is 13.8. The van der Waals surface area contributed by atoms with E-state index in [9.17, 15) is 4.79 Å². The molecule has 1 unspecified atom stereocenters. The van der Waals surface area contributed by atoms with Crippen LogP contribution < -0.4 is 5.32 Å². The molecule has 19 heavy (non-hydrogen) atoms. The molecule has 2 rings (SSSR count). The Hall–Kier alpha value is -1.62. The summed E-state index contributed by atoms with van der Waals surface area (Å²) in [6.07, 6.45) is 4.54. The van der Waals surface area contributed by atoms with Gasteiger partial charge in [-0.15, -0.1) is 0 Å². The Morgan fingerprint density at radius 3 is 3.05 bits per heavy atom. The van der Waals surface area contributed by atoms with E-state index in [2.05, 4.69) is 10.3 Å². The van der Waals surface area contributed by atoms with E-state index in [4.69, 9.17) is 5.11 Å². The van der Waals surface area contributed by atoms with E-state index < -0.39 is 0 Å². The summed E-state index contributed by atoms with van der Waals surface area (Å²) in [6.45, 7) is 1.72. The number of carbonyl (C=O) groups excluding carboxylic acids is 1. The summed E-state index contributed by atoms with van der Waals surface area (Å²) in [5.41, 5.74) is 1.39. The fourth-order valence-electron chi connectivity index (χ4n) is 2.50. The van der Waals surface area contributed by atoms with E-state index in [0.29, 0.717) is 11.6 Å². The monoisotopic (exact) mass is 263 g/mol. The number of aliphatic hydroxyl groups is 1. The van der Waals surface area contributed by atoms with Crippen molar-refractivity contribution in [1.29, 1.82) is 0 Å². The number of hydrogen-bond donors (Lipinski definition) is 2. The van der Waals surface area contributed by atoms with E-state index >= 15 is 0 Å². The fraction of sp³-hybridized carbons (Fsp3) is 0.571. The van der Waals surface area contributed by atoms with Crippen LogP contribution in [-0.4, -0.2) is 47.6 Å². The van der Waals surface area contributed by atoms with Crippen molar-refractivity contribution in [1.82, 2.24) is 9.88 Å². The van der Waals surface area contributed by atoms with Gasteiger partial charge in [-0.2, -0.15) is 0 Å². The molecule has 1 atom stereocenters. The van der Waals surface area contributed by atoms with E-state index in [0.717, 1.165) is 38.0 Å². The van der Waals surface area contributed by atoms with Crippen LogP contribution >= 0.6 is 0 Å². The average molecular weight is 263 g/mol. The van der Waals surface area contributed by atoms with Gasteiger partial charge in [-0.05, 0) is 37.3 Å². The summed E-state index contributed by atoms with van der Waals surface area (Å²) >= 11 is 0. The van der Waals surface area contributed by atoms with Crippen molar-refractivity contribution >= 4 is 11.6 Å². The number of piperidine rings is 1. The third-order valence-corrected chi connectivity index (χ3v) is 3.61. The predicted octanol–water partition coefficient (Wildman–Crippen LogP) is 1.36. The zero-order valence-electron chi connectivity index (χ0n) is 11.3. The lowest BCUT2D eigenvalue weighted by Crippen LogP contribution is -2.40. The van der Waals surface area contributed by atoms with E-state index in [-0.39, 0.29) is 12.5 Å². The highest BCUT2D eigenvalue weighted by Gasteiger charge is 2.24. The smallest absolute Gasteiger partial charge is 0.272 e. The van der Waals surface area contributed by atoms with E-state index in [1.165, 1.54) is 0 Å². The quantitative estimate of drug-likeness (QED) is 0.861. The predicted molar refractivity (Wildman–Crippen MR) is 74.1 cm³/mol. The molecule has 2 heterocycles. The van der Waals surface area contributed by atoms with Crippen molar-refractivity contribution in [3.05, 3.63) is 24.0 Å². The molecule has 1 saturated heterocycles. The molecular formula is C14H21N3O2. The van der Waals surface area contributed by atoms with Gasteiger partial charge in [0.05, 0.1) is 11.9 Å². The number of nitrogens with zero attached hydrogens (tertiary/aromatic N) is 2. The molecule has 0 aromatic carbocycles. The Kier molecular flexibility index (Phi) is 4.74. The maximum atomic E-state index is 12.3. The second kappa shape index (κ2) is 6.52. The maximum absolute atomic E-state index is 12.3. The molecular weight excluding hydrogens is 242 g/mol. The van der Waals surface area contributed by atoms with Gasteiger partial charge in [-0.1, -0.05) is 0 Å². The van der Waals surface area contributed by atoms with Crippen LogP contribution in [0.4, 0.5) is 5.69 Å². The van der Waals surface area contributed by atoms with Gasteiger partial charge < -0.3 is 15.3 Å². The number of likely N-dealkylation sites (tertiary alicyclic amines) is 1. The Morgan fingerprint density at radius 2 is 2.42 bits per heavy atom. The number of carbonyl (C=O) groups is 1. The molecule has 2 N–H and O–H groups in total. The van der Waals surface area contributed by atoms with Crippen LogP contribution in [0.2, 0.25) is 0 Å². The number of amides is 1. The summed E-state index contributed by atoms with van der Waals surface area (Å²) in [6, 6.07) is 3.61. The molecule has 0 bridgehead atoms. The van der Waals surface area contributed by atoms with Crippen molar-refractivity contribution in [2.75, 3.05) is 32.1 Å². The molecule has 1 fully saturated rings. The van der Waals surface area contributed by atoms with Crippen LogP contribution in [0.1, 0.15) is 29.8 Å². The topological polar surface area (TPSA) is 65.5 Å². The summed E-state index contributed by atoms with van der Waals surface area (Å²) in [5, 5.41) is 12.0. The van der Waals surface area contributed by atoms with Gasteiger partial charge >= 0.3 is 0 Å². The van der Waals surface area contributed by atoms with Gasteiger partial charge in [0, 0.05) is 26.7 Å². The lowest BCUT2D eigenvalue weighted by atomic mass is 9.95. The van der Waals surface area contributed by atoms with Crippen molar-refractivity contribution in [2.24, 2.45) is 5.92 Å². The molecule has 1 aromatic rings. The molecule has 0 saturated carbocycles. The van der Waals surface area contributed by atoms with Gasteiger partial charge in [0.15, 0.2) is 0 Å². The average Bonchev–Trinajstić information content (AvgIpc) is 2.47. The minimum absolute atomic E-state index is 0.00899. The molecule has 5 nitrogen and oxygen atoms in total. The number of aliphatic hydroxyl groups excluding tert-OH is 1. The van der Waals surface area contributed by atoms with Gasteiger partial charge in [-0.3, -0.25) is 4.79 Å². The molecule has 0 aliphatic carbocycles. The highest BCUT2D eigenvalue weighted by atomic mass is 16.3. The molecule has 0 radical (unpaired) electrons. The summed E-state index contributed by atoms with van der Waals surface area (Å²) in [4.78, 5) is 18.4. The summed E-state index contributed by atoms with van der Waals surface area (Å²) in [7, 11) is 1.82. The fourth-order valence-corrected chi connectivity index (χ4v) is 2.50. The third kappa shape index (κ3) is 3.44. The summed E-state index contributed by atoms with van der Waals surface area (Å²) < 4.78 is 0. The lowest BCUT2D eigenvalue weighted by molar-refractivity contribution is 0.0648. The highest BCUT2D eigenvalue weighted by Crippen LogP contribution is 2.20. The van der Waals surface area contributed by atoms with Gasteiger partial charge in [-0.25, -0.2) is 4.98 Å². The van der Waals surface area contributed by atoms with Crippen LogP contribution in [0.3, 0.4) is 0 Å². The minimum Gasteiger partial charge on any atom is -0.396 e. The zero-order chi connectivity index (χ0) is 13.7. The molecule has 1 aliphatic heterocycles. The maximum Gasteiger partial charge on any atom is 0.272 e. The third-order valence-electron chi connectivity index (χ3n) is 3.61.